The Balaban J connectivity index is 2.44. The van der Waals surface area contributed by atoms with Crippen LogP contribution in [0.5, 0.6) is 0 Å². The van der Waals surface area contributed by atoms with Crippen LogP contribution in [0.1, 0.15) is 71.3 Å². The number of benzene rings is 1. The Bertz CT molecular complexity index is 1150. The van der Waals surface area contributed by atoms with Gasteiger partial charge in [-0.2, -0.15) is 0 Å². The van der Waals surface area contributed by atoms with Crippen LogP contribution in [-0.2, 0) is 11.2 Å². The first kappa shape index (κ1) is 30.0. The predicted octanol–water partition coefficient (Wildman–Crippen LogP) is 6.50. The van der Waals surface area contributed by atoms with Crippen molar-refractivity contribution < 1.29 is 4.79 Å². The quantitative estimate of drug-likeness (QED) is 0.390. The Kier molecular flexibility index (Phi) is 12.2. The fourth-order valence-electron chi connectivity index (χ4n) is 4.95. The molecular formula is C33H47N3O. The summed E-state index contributed by atoms with van der Waals surface area (Å²) >= 11 is 0. The van der Waals surface area contributed by atoms with Crippen molar-refractivity contribution in [2.75, 3.05) is 17.2 Å². The maximum absolute atomic E-state index is 13.0. The molecule has 0 spiro atoms. The molecule has 2 atom stereocenters. The van der Waals surface area contributed by atoms with Gasteiger partial charge < -0.3 is 16.4 Å². The molecule has 0 radical (unpaired) electrons. The molecule has 1 aromatic rings. The summed E-state index contributed by atoms with van der Waals surface area (Å²) in [5, 5.41) is 8.23. The lowest BCUT2D eigenvalue weighted by molar-refractivity contribution is -0.112. The van der Waals surface area contributed by atoms with E-state index in [9.17, 15) is 4.79 Å². The maximum Gasteiger partial charge on any atom is 0.251 e. The van der Waals surface area contributed by atoms with Gasteiger partial charge in [0.2, 0.25) is 0 Å². The predicted molar refractivity (Wildman–Crippen MR) is 163 cm³/mol. The smallest absolute Gasteiger partial charge is 0.251 e. The summed E-state index contributed by atoms with van der Waals surface area (Å²) in [5.41, 5.74) is 11.5. The van der Waals surface area contributed by atoms with E-state index in [2.05, 4.69) is 62.9 Å². The zero-order valence-corrected chi connectivity index (χ0v) is 23.3. The van der Waals surface area contributed by atoms with Crippen molar-refractivity contribution in [1.29, 1.82) is 0 Å². The molecule has 1 heterocycles. The van der Waals surface area contributed by atoms with E-state index in [4.69, 9.17) is 5.73 Å². The molecule has 4 nitrogen and oxygen atoms in total. The van der Waals surface area contributed by atoms with Crippen LogP contribution in [0.2, 0.25) is 0 Å². The lowest BCUT2D eigenvalue weighted by Crippen LogP contribution is -2.27. The molecule has 0 aliphatic carbocycles. The number of allylic oxidation sites excluding steroid dienone is 6. The molecule has 200 valence electrons. The van der Waals surface area contributed by atoms with Crippen LogP contribution in [0.4, 0.5) is 11.4 Å². The average molecular weight is 502 g/mol. The minimum atomic E-state index is -0.140. The van der Waals surface area contributed by atoms with E-state index < -0.39 is 0 Å². The van der Waals surface area contributed by atoms with Crippen molar-refractivity contribution in [3.8, 4) is 0 Å². The highest BCUT2D eigenvalue weighted by Gasteiger charge is 2.14. The number of hydrogen-bond acceptors (Lipinski definition) is 3. The standard InChI is InChI=1S/C33H47N3O/c1-8-20-35-32-25(5)21-31-27(7)30(32)19-13-17-28(9-2)16-12-15-23(3)29(22-26(6)34)18-11-10-14-24(4)33(37)36-31/h8,10-11,14-15,21,28-29,35H,1,5-7,9,12-13,16-20,22,34H2,2-4H3,(H,36,37)/b11-10-,23-15+,24-14+. The van der Waals surface area contributed by atoms with E-state index in [1.54, 1.807) is 0 Å². The Hall–Kier alpha value is -3.27. The third kappa shape index (κ3) is 9.27. The zero-order valence-electron chi connectivity index (χ0n) is 23.3. The van der Waals surface area contributed by atoms with Crippen LogP contribution in [-0.4, -0.2) is 12.5 Å². The number of carbonyl (C=O) groups is 1. The van der Waals surface area contributed by atoms with Gasteiger partial charge in [0.25, 0.3) is 5.91 Å². The van der Waals surface area contributed by atoms with E-state index >= 15 is 0 Å². The fourth-order valence-corrected chi connectivity index (χ4v) is 4.95. The van der Waals surface area contributed by atoms with Gasteiger partial charge in [0, 0.05) is 29.2 Å². The van der Waals surface area contributed by atoms with Gasteiger partial charge in [0.15, 0.2) is 0 Å². The van der Waals surface area contributed by atoms with Gasteiger partial charge in [-0.05, 0) is 86.3 Å². The fraction of sp³-hybridized carbons (Fsp3) is 0.424. The second-order valence-corrected chi connectivity index (χ2v) is 10.3. The molecule has 0 aromatic heterocycles. The van der Waals surface area contributed by atoms with E-state index in [1.165, 1.54) is 18.4 Å². The third-order valence-electron chi connectivity index (χ3n) is 7.37. The minimum Gasteiger partial charge on any atom is -0.402 e. The number of nitrogens with two attached hydrogens (primary N) is 1. The first-order chi connectivity index (χ1) is 17.7. The monoisotopic (exact) mass is 501 g/mol. The molecule has 37 heavy (non-hydrogen) atoms. The van der Waals surface area contributed by atoms with E-state index in [1.807, 2.05) is 31.2 Å². The van der Waals surface area contributed by atoms with Crippen molar-refractivity contribution in [3.05, 3.63) is 82.4 Å². The first-order valence-electron chi connectivity index (χ1n) is 13.6. The highest BCUT2D eigenvalue weighted by atomic mass is 16.1. The maximum atomic E-state index is 13.0. The highest BCUT2D eigenvalue weighted by Crippen LogP contribution is 2.25. The van der Waals surface area contributed by atoms with Crippen LogP contribution in [0.25, 0.3) is 13.2 Å². The molecule has 1 aliphatic heterocycles. The molecule has 0 saturated carbocycles. The van der Waals surface area contributed by atoms with Crippen molar-refractivity contribution in [1.82, 2.24) is 0 Å². The number of nitrogens with one attached hydrogen (secondary N) is 2. The molecular weight excluding hydrogens is 454 g/mol. The van der Waals surface area contributed by atoms with Gasteiger partial charge in [-0.3, -0.25) is 4.79 Å². The van der Waals surface area contributed by atoms with Crippen LogP contribution in [0, 0.1) is 11.8 Å². The van der Waals surface area contributed by atoms with Gasteiger partial charge in [0.05, 0.1) is 0 Å². The van der Waals surface area contributed by atoms with E-state index in [0.29, 0.717) is 29.7 Å². The van der Waals surface area contributed by atoms with Crippen molar-refractivity contribution >= 4 is 30.4 Å². The summed E-state index contributed by atoms with van der Waals surface area (Å²) in [4.78, 5) is 13.0. The summed E-state index contributed by atoms with van der Waals surface area (Å²) < 4.78 is 0. The highest BCUT2D eigenvalue weighted by molar-refractivity contribution is 6.03. The number of rotatable bonds is 6. The molecule has 4 heteroatoms. The van der Waals surface area contributed by atoms with Crippen molar-refractivity contribution in [2.24, 2.45) is 17.6 Å². The van der Waals surface area contributed by atoms with Crippen LogP contribution >= 0.6 is 0 Å². The third-order valence-corrected chi connectivity index (χ3v) is 7.37. The topological polar surface area (TPSA) is 67.1 Å². The Morgan fingerprint density at radius 2 is 2.03 bits per heavy atom. The normalized spacial score (nSPS) is 23.6. The molecule has 2 bridgehead atoms. The lowest BCUT2D eigenvalue weighted by Gasteiger charge is -2.19. The SMILES string of the molecule is C=CCNc1c2c(=C)c(cc1=C)NC(=O)/C(C)=C/C=C\CC(CC(=C)N)/C(C)=C/CCC(CC)CCC2. The molecule has 1 aliphatic rings. The number of anilines is 2. The second kappa shape index (κ2) is 15.1. The van der Waals surface area contributed by atoms with Crippen molar-refractivity contribution in [2.45, 2.75) is 72.1 Å². The van der Waals surface area contributed by atoms with Gasteiger partial charge >= 0.3 is 0 Å². The molecule has 0 saturated heterocycles. The summed E-state index contributed by atoms with van der Waals surface area (Å²) in [6, 6.07) is 1.91. The zero-order chi connectivity index (χ0) is 27.4. The Morgan fingerprint density at radius 1 is 1.27 bits per heavy atom. The molecule has 1 amide bonds. The number of amides is 1. The Morgan fingerprint density at radius 3 is 2.70 bits per heavy atom. The summed E-state index contributed by atoms with van der Waals surface area (Å²) in [6.45, 7) is 23.4. The van der Waals surface area contributed by atoms with Crippen LogP contribution in [0.3, 0.4) is 0 Å². The molecule has 0 fully saturated rings. The van der Waals surface area contributed by atoms with Gasteiger partial charge in [-0.15, -0.1) is 6.58 Å². The minimum absolute atomic E-state index is 0.140. The van der Waals surface area contributed by atoms with E-state index in [0.717, 1.165) is 65.9 Å². The first-order valence-corrected chi connectivity index (χ1v) is 13.6. The summed E-state index contributed by atoms with van der Waals surface area (Å²) in [6.07, 6.45) is 18.3. The Labute approximate surface area is 224 Å². The van der Waals surface area contributed by atoms with Gasteiger partial charge in [0.1, 0.15) is 0 Å². The largest absolute Gasteiger partial charge is 0.402 e. The van der Waals surface area contributed by atoms with Gasteiger partial charge in [-0.1, -0.05) is 75.5 Å². The summed E-state index contributed by atoms with van der Waals surface area (Å²) in [7, 11) is 0. The van der Waals surface area contributed by atoms with Crippen LogP contribution < -0.4 is 26.8 Å². The summed E-state index contributed by atoms with van der Waals surface area (Å²) in [5.74, 6) is 0.852. The molecule has 1 aromatic carbocycles. The lowest BCUT2D eigenvalue weighted by atomic mass is 9.89. The van der Waals surface area contributed by atoms with Crippen LogP contribution in [0.15, 0.2) is 66.4 Å². The van der Waals surface area contributed by atoms with Crippen molar-refractivity contribution in [3.63, 3.8) is 0 Å². The number of hydrogen-bond donors (Lipinski definition) is 3. The average Bonchev–Trinajstić information content (AvgIpc) is 2.85. The van der Waals surface area contributed by atoms with Gasteiger partial charge in [-0.25, -0.2) is 0 Å². The second-order valence-electron chi connectivity index (χ2n) is 10.3. The number of carbonyl (C=O) groups excluding carboxylic acids is 1. The molecule has 2 rings (SSSR count). The number of fused-ring (bicyclic) bond motifs is 2. The molecule has 4 N–H and O–H groups in total. The van der Waals surface area contributed by atoms with E-state index in [-0.39, 0.29) is 5.91 Å². The molecule has 2 unspecified atom stereocenters.